The highest BCUT2D eigenvalue weighted by molar-refractivity contribution is 5.77. The number of amides is 1. The van der Waals surface area contributed by atoms with Crippen molar-refractivity contribution in [3.63, 3.8) is 0 Å². The molecule has 0 saturated heterocycles. The van der Waals surface area contributed by atoms with Crippen molar-refractivity contribution in [1.82, 2.24) is 5.32 Å². The Kier molecular flexibility index (Phi) is 7.39. The molecule has 0 bridgehead atoms. The lowest BCUT2D eigenvalue weighted by Crippen LogP contribution is -2.24. The summed E-state index contributed by atoms with van der Waals surface area (Å²) in [6.07, 6.45) is 1.90. The summed E-state index contributed by atoms with van der Waals surface area (Å²) in [6, 6.07) is 0. The summed E-state index contributed by atoms with van der Waals surface area (Å²) in [4.78, 5) is 11.2. The zero-order valence-corrected chi connectivity index (χ0v) is 9.47. The topological polar surface area (TPSA) is 49.3 Å². The van der Waals surface area contributed by atoms with Crippen LogP contribution < -0.4 is 5.32 Å². The molecule has 0 aromatic carbocycles. The fourth-order valence-corrected chi connectivity index (χ4v) is 1.07. The molecule has 84 valence electrons. The number of aliphatic hydroxyl groups is 1. The molecule has 0 rings (SSSR count). The van der Waals surface area contributed by atoms with Crippen molar-refractivity contribution in [2.24, 2.45) is 5.92 Å². The summed E-state index contributed by atoms with van der Waals surface area (Å²) in [7, 11) is 0. The first-order valence-electron chi connectivity index (χ1n) is 5.18. The Labute approximate surface area is 91.2 Å². The Bertz CT molecular complexity index is 284. The van der Waals surface area contributed by atoms with E-state index in [2.05, 4.69) is 37.2 Å². The van der Waals surface area contributed by atoms with Gasteiger partial charge in [-0.05, 0) is 24.6 Å². The van der Waals surface area contributed by atoms with Crippen LogP contribution in [0.2, 0.25) is 0 Å². The predicted octanol–water partition coefficient (Wildman–Crippen LogP) is 1.75. The fourth-order valence-electron chi connectivity index (χ4n) is 1.07. The number of hydrogen-bond donors (Lipinski definition) is 2. The quantitative estimate of drug-likeness (QED) is 0.655. The zero-order valence-electron chi connectivity index (χ0n) is 9.47. The molecule has 0 aliphatic carbocycles. The van der Waals surface area contributed by atoms with Crippen LogP contribution in [0.5, 0.6) is 0 Å². The van der Waals surface area contributed by atoms with Gasteiger partial charge < -0.3 is 10.4 Å². The molecule has 1 unspecified atom stereocenters. The van der Waals surface area contributed by atoms with Gasteiger partial charge in [-0.15, -0.1) is 0 Å². The monoisotopic (exact) mass is 209 g/mol. The second kappa shape index (κ2) is 8.07. The highest BCUT2D eigenvalue weighted by atomic mass is 16.3. The molecule has 3 heteroatoms. The molecule has 0 aliphatic heterocycles. The summed E-state index contributed by atoms with van der Waals surface area (Å²) in [5.41, 5.74) is 6.00. The molecule has 15 heavy (non-hydrogen) atoms. The van der Waals surface area contributed by atoms with Gasteiger partial charge in [0.05, 0.1) is 18.7 Å². The van der Waals surface area contributed by atoms with Crippen LogP contribution in [0, 0.1) is 5.92 Å². The number of aliphatic hydroxyl groups excluding tert-OH is 1. The molecule has 3 nitrogen and oxygen atoms in total. The lowest BCUT2D eigenvalue weighted by Gasteiger charge is -2.11. The van der Waals surface area contributed by atoms with Crippen molar-refractivity contribution >= 4 is 5.91 Å². The van der Waals surface area contributed by atoms with Gasteiger partial charge in [-0.1, -0.05) is 26.0 Å². The Morgan fingerprint density at radius 2 is 2.27 bits per heavy atom. The van der Waals surface area contributed by atoms with Gasteiger partial charge in [-0.25, -0.2) is 0 Å². The highest BCUT2D eigenvalue weighted by Crippen LogP contribution is 2.11. The SMILES string of the molecule is C=C=C=C(CC(C)CC)NC(=O)CCO. The minimum absolute atomic E-state index is 0.114. The van der Waals surface area contributed by atoms with Gasteiger partial charge in [-0.2, -0.15) is 0 Å². The smallest absolute Gasteiger partial charge is 0.226 e. The van der Waals surface area contributed by atoms with Crippen LogP contribution in [-0.2, 0) is 4.79 Å². The summed E-state index contributed by atoms with van der Waals surface area (Å²) in [5.74, 6) is 0.286. The Morgan fingerprint density at radius 3 is 2.73 bits per heavy atom. The number of carbonyl (C=O) groups excluding carboxylic acids is 1. The van der Waals surface area contributed by atoms with Crippen LogP contribution >= 0.6 is 0 Å². The van der Waals surface area contributed by atoms with Crippen molar-refractivity contribution < 1.29 is 9.90 Å². The second-order valence-corrected chi connectivity index (χ2v) is 3.52. The minimum Gasteiger partial charge on any atom is -0.396 e. The summed E-state index contributed by atoms with van der Waals surface area (Å²) >= 11 is 0. The predicted molar refractivity (Wildman–Crippen MR) is 60.1 cm³/mol. The van der Waals surface area contributed by atoms with Crippen LogP contribution in [-0.4, -0.2) is 17.6 Å². The molecule has 2 N–H and O–H groups in total. The number of hydrogen-bond acceptors (Lipinski definition) is 2. The molecule has 0 fully saturated rings. The van der Waals surface area contributed by atoms with E-state index in [0.29, 0.717) is 11.6 Å². The van der Waals surface area contributed by atoms with Crippen molar-refractivity contribution in [2.75, 3.05) is 6.61 Å². The lowest BCUT2D eigenvalue weighted by atomic mass is 10.0. The van der Waals surface area contributed by atoms with Gasteiger partial charge in [0.15, 0.2) is 0 Å². The summed E-state index contributed by atoms with van der Waals surface area (Å²) in [5, 5.41) is 11.3. The summed E-state index contributed by atoms with van der Waals surface area (Å²) < 4.78 is 0. The van der Waals surface area contributed by atoms with E-state index in [1.54, 1.807) is 0 Å². The van der Waals surface area contributed by atoms with E-state index in [1.165, 1.54) is 0 Å². The summed E-state index contributed by atoms with van der Waals surface area (Å²) in [6.45, 7) is 7.48. The molecule has 0 radical (unpaired) electrons. The van der Waals surface area contributed by atoms with Crippen LogP contribution in [0.1, 0.15) is 33.1 Å². The van der Waals surface area contributed by atoms with Crippen LogP contribution in [0.4, 0.5) is 0 Å². The molecule has 0 spiro atoms. The van der Waals surface area contributed by atoms with Crippen LogP contribution in [0.3, 0.4) is 0 Å². The maximum absolute atomic E-state index is 11.2. The molecule has 0 saturated carbocycles. The van der Waals surface area contributed by atoms with E-state index in [-0.39, 0.29) is 18.9 Å². The second-order valence-electron chi connectivity index (χ2n) is 3.52. The number of allylic oxidation sites excluding steroid dienone is 1. The Morgan fingerprint density at radius 1 is 1.60 bits per heavy atom. The van der Waals surface area contributed by atoms with E-state index in [0.717, 1.165) is 12.8 Å². The van der Waals surface area contributed by atoms with Gasteiger partial charge in [-0.3, -0.25) is 4.79 Å². The third kappa shape index (κ3) is 6.75. The zero-order chi connectivity index (χ0) is 11.7. The molecule has 0 aromatic heterocycles. The van der Waals surface area contributed by atoms with Crippen molar-refractivity contribution in [2.45, 2.75) is 33.1 Å². The van der Waals surface area contributed by atoms with E-state index in [9.17, 15) is 4.79 Å². The lowest BCUT2D eigenvalue weighted by molar-refractivity contribution is -0.121. The first-order valence-corrected chi connectivity index (χ1v) is 5.18. The maximum atomic E-state index is 11.2. The first-order chi connectivity index (χ1) is 7.13. The van der Waals surface area contributed by atoms with E-state index < -0.39 is 0 Å². The Balaban J connectivity index is 4.37. The van der Waals surface area contributed by atoms with Gasteiger partial charge in [0.25, 0.3) is 0 Å². The maximum Gasteiger partial charge on any atom is 0.226 e. The molecule has 0 heterocycles. The van der Waals surface area contributed by atoms with Gasteiger partial charge in [0, 0.05) is 0 Å². The highest BCUT2D eigenvalue weighted by Gasteiger charge is 2.07. The van der Waals surface area contributed by atoms with Gasteiger partial charge in [0.1, 0.15) is 0 Å². The molecule has 0 aliphatic rings. The van der Waals surface area contributed by atoms with Gasteiger partial charge >= 0.3 is 0 Å². The standard InChI is InChI=1S/C12H19NO2/c1-4-6-11(9-10(3)5-2)13-12(15)7-8-14/h10,14H,1,5,7-9H2,2-3H3,(H,13,15). The van der Waals surface area contributed by atoms with Gasteiger partial charge in [0.2, 0.25) is 5.91 Å². The van der Waals surface area contributed by atoms with Crippen LogP contribution in [0.15, 0.2) is 23.7 Å². The fraction of sp³-hybridized carbons (Fsp3) is 0.583. The minimum atomic E-state index is -0.196. The van der Waals surface area contributed by atoms with Crippen molar-refractivity contribution in [3.05, 3.63) is 23.7 Å². The molecule has 1 amide bonds. The molecular weight excluding hydrogens is 190 g/mol. The third-order valence-electron chi connectivity index (χ3n) is 2.12. The molecule has 0 aromatic rings. The molecule has 1 atom stereocenters. The van der Waals surface area contributed by atoms with Crippen molar-refractivity contribution in [1.29, 1.82) is 0 Å². The number of rotatable bonds is 6. The largest absolute Gasteiger partial charge is 0.396 e. The van der Waals surface area contributed by atoms with E-state index in [1.807, 2.05) is 0 Å². The normalized spacial score (nSPS) is 11.1. The van der Waals surface area contributed by atoms with E-state index >= 15 is 0 Å². The third-order valence-corrected chi connectivity index (χ3v) is 2.12. The Hall–Kier alpha value is -1.27. The van der Waals surface area contributed by atoms with Crippen LogP contribution in [0.25, 0.3) is 0 Å². The number of nitrogens with one attached hydrogen (secondary N) is 1. The van der Waals surface area contributed by atoms with Crippen molar-refractivity contribution in [3.8, 4) is 0 Å². The first kappa shape index (κ1) is 13.7. The van der Waals surface area contributed by atoms with E-state index in [4.69, 9.17) is 5.11 Å². The molecular formula is C12H19NO2. The number of carbonyl (C=O) groups is 1. The average molecular weight is 209 g/mol. The average Bonchev–Trinajstić information content (AvgIpc) is 2.18.